The topological polar surface area (TPSA) is 104 Å². The van der Waals surface area contributed by atoms with Crippen LogP contribution < -0.4 is 4.90 Å². The highest BCUT2D eigenvalue weighted by Crippen LogP contribution is 2.19. The summed E-state index contributed by atoms with van der Waals surface area (Å²) in [5.74, 6) is 0.453. The SMILES string of the molecule is CN(C(=O)c1ccc(N2CCN(C=O)CC2)nn1)C1CCS(=O)(=O)C1. The van der Waals surface area contributed by atoms with Crippen molar-refractivity contribution in [2.24, 2.45) is 0 Å². The number of carbonyl (C=O) groups is 2. The smallest absolute Gasteiger partial charge is 0.274 e. The summed E-state index contributed by atoms with van der Waals surface area (Å²) in [7, 11) is -1.45. The minimum absolute atomic E-state index is 0.00175. The Hall–Kier alpha value is -2.23. The van der Waals surface area contributed by atoms with Crippen LogP contribution in [0.15, 0.2) is 12.1 Å². The Morgan fingerprint density at radius 2 is 1.96 bits per heavy atom. The number of nitrogens with zero attached hydrogens (tertiary/aromatic N) is 5. The largest absolute Gasteiger partial charge is 0.352 e. The predicted molar refractivity (Wildman–Crippen MR) is 91.0 cm³/mol. The van der Waals surface area contributed by atoms with E-state index < -0.39 is 9.84 Å². The Morgan fingerprint density at radius 3 is 2.48 bits per heavy atom. The van der Waals surface area contributed by atoms with Crippen LogP contribution in [0.1, 0.15) is 16.9 Å². The van der Waals surface area contributed by atoms with Gasteiger partial charge < -0.3 is 14.7 Å². The highest BCUT2D eigenvalue weighted by molar-refractivity contribution is 7.91. The van der Waals surface area contributed by atoms with Crippen LogP contribution in [0, 0.1) is 0 Å². The maximum atomic E-state index is 12.5. The van der Waals surface area contributed by atoms with E-state index in [1.807, 2.05) is 4.90 Å². The Kier molecular flexibility index (Phi) is 4.89. The van der Waals surface area contributed by atoms with Crippen molar-refractivity contribution in [1.29, 1.82) is 0 Å². The van der Waals surface area contributed by atoms with Crippen molar-refractivity contribution in [2.45, 2.75) is 12.5 Å². The molecular weight excluding hydrogens is 346 g/mol. The summed E-state index contributed by atoms with van der Waals surface area (Å²) in [5.41, 5.74) is 0.196. The molecule has 25 heavy (non-hydrogen) atoms. The molecular formula is C15H21N5O4S. The average Bonchev–Trinajstić information content (AvgIpc) is 3.00. The van der Waals surface area contributed by atoms with E-state index in [1.165, 1.54) is 4.90 Å². The Balaban J connectivity index is 1.64. The number of sulfone groups is 1. The minimum Gasteiger partial charge on any atom is -0.352 e. The fourth-order valence-corrected chi connectivity index (χ4v) is 4.87. The molecule has 0 spiro atoms. The van der Waals surface area contributed by atoms with Crippen LogP contribution in [0.2, 0.25) is 0 Å². The summed E-state index contributed by atoms with van der Waals surface area (Å²) in [4.78, 5) is 28.4. The van der Waals surface area contributed by atoms with Gasteiger partial charge in [-0.15, -0.1) is 10.2 Å². The van der Waals surface area contributed by atoms with Gasteiger partial charge in [-0.1, -0.05) is 0 Å². The number of amides is 2. The molecule has 0 radical (unpaired) electrons. The zero-order valence-corrected chi connectivity index (χ0v) is 14.9. The molecule has 0 aliphatic carbocycles. The van der Waals surface area contributed by atoms with E-state index in [4.69, 9.17) is 0 Å². The predicted octanol–water partition coefficient (Wildman–Crippen LogP) is -0.986. The molecule has 2 aliphatic rings. The maximum Gasteiger partial charge on any atom is 0.274 e. The zero-order chi connectivity index (χ0) is 18.0. The normalized spacial score (nSPS) is 22.7. The minimum atomic E-state index is -3.05. The second-order valence-electron chi connectivity index (χ2n) is 6.38. The lowest BCUT2D eigenvalue weighted by molar-refractivity contribution is -0.118. The van der Waals surface area contributed by atoms with Crippen molar-refractivity contribution in [3.63, 3.8) is 0 Å². The zero-order valence-electron chi connectivity index (χ0n) is 14.0. The van der Waals surface area contributed by atoms with Crippen LogP contribution in [0.3, 0.4) is 0 Å². The molecule has 2 amide bonds. The number of hydrogen-bond donors (Lipinski definition) is 0. The number of anilines is 1. The molecule has 10 heteroatoms. The molecule has 1 atom stereocenters. The molecule has 2 saturated heterocycles. The van der Waals surface area contributed by atoms with Crippen molar-refractivity contribution in [2.75, 3.05) is 49.6 Å². The summed E-state index contributed by atoms with van der Waals surface area (Å²) in [6, 6.07) is 3.03. The van der Waals surface area contributed by atoms with E-state index in [2.05, 4.69) is 10.2 Å². The lowest BCUT2D eigenvalue weighted by Crippen LogP contribution is -2.46. The lowest BCUT2D eigenvalue weighted by Gasteiger charge is -2.33. The van der Waals surface area contributed by atoms with Crippen molar-refractivity contribution in [1.82, 2.24) is 20.0 Å². The Morgan fingerprint density at radius 1 is 1.24 bits per heavy atom. The molecule has 1 aromatic rings. The van der Waals surface area contributed by atoms with Crippen LogP contribution in [0.25, 0.3) is 0 Å². The third-order valence-electron chi connectivity index (χ3n) is 4.73. The highest BCUT2D eigenvalue weighted by Gasteiger charge is 2.33. The van der Waals surface area contributed by atoms with E-state index in [1.54, 1.807) is 24.1 Å². The van der Waals surface area contributed by atoms with Gasteiger partial charge >= 0.3 is 0 Å². The third kappa shape index (κ3) is 3.89. The van der Waals surface area contributed by atoms with Gasteiger partial charge in [0.1, 0.15) is 0 Å². The first-order valence-electron chi connectivity index (χ1n) is 8.15. The molecule has 1 unspecified atom stereocenters. The fraction of sp³-hybridized carbons (Fsp3) is 0.600. The van der Waals surface area contributed by atoms with Gasteiger partial charge in [0, 0.05) is 39.3 Å². The Bertz CT molecular complexity index is 744. The molecule has 0 saturated carbocycles. The third-order valence-corrected chi connectivity index (χ3v) is 6.48. The number of hydrogen-bond acceptors (Lipinski definition) is 7. The molecule has 2 aliphatic heterocycles. The molecule has 0 bridgehead atoms. The molecule has 3 rings (SSSR count). The second kappa shape index (κ2) is 6.95. The fourth-order valence-electron chi connectivity index (χ4n) is 3.09. The monoisotopic (exact) mass is 367 g/mol. The van der Waals surface area contributed by atoms with E-state index in [0.29, 0.717) is 38.4 Å². The molecule has 3 heterocycles. The van der Waals surface area contributed by atoms with Crippen LogP contribution in [-0.2, 0) is 14.6 Å². The molecule has 1 aromatic heterocycles. The van der Waals surface area contributed by atoms with Crippen LogP contribution in [0.4, 0.5) is 5.82 Å². The van der Waals surface area contributed by atoms with Crippen molar-refractivity contribution in [3.05, 3.63) is 17.8 Å². The van der Waals surface area contributed by atoms with Crippen LogP contribution in [0.5, 0.6) is 0 Å². The van der Waals surface area contributed by atoms with Gasteiger partial charge in [0.25, 0.3) is 5.91 Å². The molecule has 2 fully saturated rings. The molecule has 136 valence electrons. The highest BCUT2D eigenvalue weighted by atomic mass is 32.2. The van der Waals surface area contributed by atoms with Crippen LogP contribution in [-0.4, -0.2) is 91.5 Å². The summed E-state index contributed by atoms with van der Waals surface area (Å²) < 4.78 is 23.1. The van der Waals surface area contributed by atoms with Crippen molar-refractivity contribution in [3.8, 4) is 0 Å². The number of piperazine rings is 1. The van der Waals surface area contributed by atoms with E-state index >= 15 is 0 Å². The van der Waals surface area contributed by atoms with Gasteiger partial charge in [-0.3, -0.25) is 9.59 Å². The number of carbonyl (C=O) groups excluding carboxylic acids is 2. The van der Waals surface area contributed by atoms with Crippen LogP contribution >= 0.6 is 0 Å². The summed E-state index contributed by atoms with van der Waals surface area (Å²) in [5, 5.41) is 8.12. The second-order valence-corrected chi connectivity index (χ2v) is 8.61. The summed E-state index contributed by atoms with van der Waals surface area (Å²) in [6.45, 7) is 2.59. The Labute approximate surface area is 146 Å². The summed E-state index contributed by atoms with van der Waals surface area (Å²) >= 11 is 0. The van der Waals surface area contributed by atoms with E-state index in [-0.39, 0.29) is 29.1 Å². The van der Waals surface area contributed by atoms with Crippen molar-refractivity contribution >= 4 is 28.0 Å². The number of rotatable bonds is 4. The maximum absolute atomic E-state index is 12.5. The summed E-state index contributed by atoms with van der Waals surface area (Å²) in [6.07, 6.45) is 1.29. The average molecular weight is 367 g/mol. The van der Waals surface area contributed by atoms with E-state index in [9.17, 15) is 18.0 Å². The van der Waals surface area contributed by atoms with E-state index in [0.717, 1.165) is 6.41 Å². The van der Waals surface area contributed by atoms with Crippen molar-refractivity contribution < 1.29 is 18.0 Å². The van der Waals surface area contributed by atoms with Gasteiger partial charge in [-0.05, 0) is 18.6 Å². The molecule has 0 N–H and O–H groups in total. The standard InChI is InChI=1S/C15H21N5O4S/c1-18(12-4-9-25(23,24)10-12)15(22)13-2-3-14(17-16-13)20-7-5-19(11-21)6-8-20/h2-3,11-12H,4-10H2,1H3. The van der Waals surface area contributed by atoms with Gasteiger partial charge in [-0.2, -0.15) is 0 Å². The number of aromatic nitrogens is 2. The lowest BCUT2D eigenvalue weighted by atomic mass is 10.2. The first-order valence-corrected chi connectivity index (χ1v) is 9.97. The first kappa shape index (κ1) is 17.6. The van der Waals surface area contributed by atoms with Gasteiger partial charge in [0.15, 0.2) is 21.3 Å². The molecule has 9 nitrogen and oxygen atoms in total. The first-order chi connectivity index (χ1) is 11.9. The van der Waals surface area contributed by atoms with Gasteiger partial charge in [0.05, 0.1) is 11.5 Å². The van der Waals surface area contributed by atoms with Gasteiger partial charge in [-0.25, -0.2) is 8.42 Å². The quantitative estimate of drug-likeness (QED) is 0.630. The van der Waals surface area contributed by atoms with Gasteiger partial charge in [0.2, 0.25) is 6.41 Å². The molecule has 0 aromatic carbocycles.